The van der Waals surface area contributed by atoms with Crippen LogP contribution in [-0.4, -0.2) is 4.40 Å². The van der Waals surface area contributed by atoms with Crippen LogP contribution in [0.2, 0.25) is 0 Å². The van der Waals surface area contributed by atoms with Crippen molar-refractivity contribution in [2.45, 2.75) is 0 Å². The van der Waals surface area contributed by atoms with E-state index in [0.29, 0.717) is 10.9 Å². The lowest BCUT2D eigenvalue weighted by atomic mass is 10.1. The number of fused-ring (bicyclic) bond motifs is 5. The minimum atomic E-state index is -0.205. The lowest BCUT2D eigenvalue weighted by Crippen LogP contribution is -2.11. The third-order valence-electron chi connectivity index (χ3n) is 3.82. The Bertz CT molecular complexity index is 1120. The van der Waals surface area contributed by atoms with Crippen molar-refractivity contribution in [3.05, 3.63) is 76.5 Å². The Labute approximate surface area is 120 Å². The fourth-order valence-electron chi connectivity index (χ4n) is 2.88. The Kier molecular flexibility index (Phi) is 2.33. The summed E-state index contributed by atoms with van der Waals surface area (Å²) in [5.41, 5.74) is 2.46. The molecule has 21 heavy (non-hydrogen) atoms. The minimum Gasteiger partial charge on any atom is -0.308 e. The molecule has 4 aromatic rings. The van der Waals surface area contributed by atoms with Crippen molar-refractivity contribution >= 4 is 27.3 Å². The average Bonchev–Trinajstić information content (AvgIpc) is 2.55. The van der Waals surface area contributed by atoms with Gasteiger partial charge in [0.2, 0.25) is 5.43 Å². The van der Waals surface area contributed by atoms with Crippen LogP contribution in [0.3, 0.4) is 0 Å². The summed E-state index contributed by atoms with van der Waals surface area (Å²) in [5.74, 6) is 0. The summed E-state index contributed by atoms with van der Waals surface area (Å²) in [6.45, 7) is 0. The fourth-order valence-corrected chi connectivity index (χ4v) is 2.88. The van der Waals surface area contributed by atoms with Crippen LogP contribution in [0.25, 0.3) is 27.3 Å². The third kappa shape index (κ3) is 1.50. The van der Waals surface area contributed by atoms with E-state index in [1.807, 2.05) is 59.0 Å². The minimum absolute atomic E-state index is 0.194. The molecule has 2 heterocycles. The summed E-state index contributed by atoms with van der Waals surface area (Å²) in [5, 5.41) is 11.0. The van der Waals surface area contributed by atoms with Crippen LogP contribution in [-0.2, 0) is 0 Å². The number of nitriles is 1. The molecule has 0 unspecified atom stereocenters. The van der Waals surface area contributed by atoms with Gasteiger partial charge in [-0.3, -0.25) is 4.79 Å². The first kappa shape index (κ1) is 11.7. The van der Waals surface area contributed by atoms with Crippen molar-refractivity contribution in [3.8, 4) is 6.07 Å². The highest BCUT2D eigenvalue weighted by Crippen LogP contribution is 2.23. The summed E-state index contributed by atoms with van der Waals surface area (Å²) in [7, 11) is 0. The molecular weight excluding hydrogens is 260 g/mol. The number of para-hydroxylation sites is 2. The lowest BCUT2D eigenvalue weighted by Gasteiger charge is -2.11. The molecule has 0 radical (unpaired) electrons. The van der Waals surface area contributed by atoms with Gasteiger partial charge in [0.1, 0.15) is 11.6 Å². The predicted molar refractivity (Wildman–Crippen MR) is 83.4 cm³/mol. The van der Waals surface area contributed by atoms with Crippen LogP contribution in [0.15, 0.2) is 65.5 Å². The molecule has 0 spiro atoms. The quantitative estimate of drug-likeness (QED) is 0.459. The molecule has 0 bridgehead atoms. The van der Waals surface area contributed by atoms with E-state index < -0.39 is 0 Å². The fraction of sp³-hybridized carbons (Fsp3) is 0. The normalized spacial score (nSPS) is 11.0. The number of benzene rings is 2. The van der Waals surface area contributed by atoms with Gasteiger partial charge >= 0.3 is 0 Å². The molecule has 0 fully saturated rings. The average molecular weight is 270 g/mol. The van der Waals surface area contributed by atoms with Gasteiger partial charge in [-0.05, 0) is 29.7 Å². The molecule has 0 amide bonds. The van der Waals surface area contributed by atoms with E-state index >= 15 is 0 Å². The predicted octanol–water partition coefficient (Wildman–Crippen LogP) is 3.48. The maximum atomic E-state index is 12.5. The van der Waals surface area contributed by atoms with Gasteiger partial charge in [0.25, 0.3) is 0 Å². The van der Waals surface area contributed by atoms with Crippen LogP contribution in [0.1, 0.15) is 5.56 Å². The van der Waals surface area contributed by atoms with E-state index in [-0.39, 0.29) is 11.0 Å². The highest BCUT2D eigenvalue weighted by Gasteiger charge is 2.12. The summed E-state index contributed by atoms with van der Waals surface area (Å²) < 4.78 is 1.99. The van der Waals surface area contributed by atoms with Crippen molar-refractivity contribution in [1.29, 1.82) is 5.26 Å². The number of aromatic nitrogens is 1. The Balaban J connectivity index is 2.47. The molecule has 0 saturated heterocycles. The Morgan fingerprint density at radius 1 is 0.810 bits per heavy atom. The molecule has 98 valence electrons. The van der Waals surface area contributed by atoms with Gasteiger partial charge in [-0.2, -0.15) is 5.26 Å². The van der Waals surface area contributed by atoms with Gasteiger partial charge in [-0.1, -0.05) is 36.4 Å². The monoisotopic (exact) mass is 270 g/mol. The van der Waals surface area contributed by atoms with Crippen LogP contribution in [0, 0.1) is 11.3 Å². The first-order valence-corrected chi connectivity index (χ1v) is 6.66. The molecule has 0 aliphatic heterocycles. The highest BCUT2D eigenvalue weighted by molar-refractivity contribution is 5.93. The Morgan fingerprint density at radius 2 is 1.52 bits per heavy atom. The van der Waals surface area contributed by atoms with E-state index in [2.05, 4.69) is 6.07 Å². The number of pyridine rings is 2. The third-order valence-corrected chi connectivity index (χ3v) is 3.82. The Morgan fingerprint density at radius 3 is 2.33 bits per heavy atom. The summed E-state index contributed by atoms with van der Waals surface area (Å²) in [6, 6.07) is 21.2. The second-order valence-electron chi connectivity index (χ2n) is 4.95. The summed E-state index contributed by atoms with van der Waals surface area (Å²) >= 11 is 0. The molecule has 0 aliphatic carbocycles. The zero-order chi connectivity index (χ0) is 14.4. The lowest BCUT2D eigenvalue weighted by molar-refractivity contribution is 1.28. The summed E-state index contributed by atoms with van der Waals surface area (Å²) in [4.78, 5) is 12.5. The molecule has 3 heteroatoms. The second kappa shape index (κ2) is 4.19. The number of hydrogen-bond donors (Lipinski definition) is 0. The SMILES string of the molecule is N#Cc1c(=O)c2ccccc2n2c1ccc1ccccc12. The van der Waals surface area contributed by atoms with E-state index in [0.717, 1.165) is 16.4 Å². The van der Waals surface area contributed by atoms with Gasteiger partial charge in [0.15, 0.2) is 0 Å². The number of nitrogens with zero attached hydrogens (tertiary/aromatic N) is 2. The molecule has 0 aliphatic rings. The van der Waals surface area contributed by atoms with Crippen molar-refractivity contribution < 1.29 is 0 Å². The van der Waals surface area contributed by atoms with Crippen molar-refractivity contribution in [2.75, 3.05) is 0 Å². The zero-order valence-electron chi connectivity index (χ0n) is 11.1. The number of hydrogen-bond acceptors (Lipinski definition) is 2. The van der Waals surface area contributed by atoms with E-state index in [1.54, 1.807) is 6.07 Å². The maximum absolute atomic E-state index is 12.5. The molecular formula is C18H10N2O. The van der Waals surface area contributed by atoms with E-state index in [9.17, 15) is 10.1 Å². The van der Waals surface area contributed by atoms with E-state index in [4.69, 9.17) is 0 Å². The molecule has 2 aromatic heterocycles. The van der Waals surface area contributed by atoms with Gasteiger partial charge in [0, 0.05) is 5.39 Å². The van der Waals surface area contributed by atoms with Gasteiger partial charge in [-0.25, -0.2) is 0 Å². The molecule has 0 N–H and O–H groups in total. The molecule has 0 saturated carbocycles. The molecule has 3 nitrogen and oxygen atoms in total. The molecule has 2 aromatic carbocycles. The van der Waals surface area contributed by atoms with Crippen molar-refractivity contribution in [1.82, 2.24) is 4.40 Å². The molecule has 0 atom stereocenters. The first-order chi connectivity index (χ1) is 10.3. The standard InChI is InChI=1S/C18H10N2O/c19-11-14-17-10-9-12-5-1-3-7-15(12)20(17)16-8-4-2-6-13(16)18(14)21/h1-10H. The maximum Gasteiger partial charge on any atom is 0.207 e. The zero-order valence-corrected chi connectivity index (χ0v) is 11.1. The number of rotatable bonds is 0. The van der Waals surface area contributed by atoms with Crippen molar-refractivity contribution in [3.63, 3.8) is 0 Å². The van der Waals surface area contributed by atoms with Crippen LogP contribution < -0.4 is 5.43 Å². The Hall–Kier alpha value is -3.12. The smallest absolute Gasteiger partial charge is 0.207 e. The summed E-state index contributed by atoms with van der Waals surface area (Å²) in [6.07, 6.45) is 0. The van der Waals surface area contributed by atoms with E-state index in [1.165, 1.54) is 0 Å². The van der Waals surface area contributed by atoms with Gasteiger partial charge in [0.05, 0.1) is 16.6 Å². The van der Waals surface area contributed by atoms with Crippen LogP contribution in [0.4, 0.5) is 0 Å². The van der Waals surface area contributed by atoms with Gasteiger partial charge in [-0.15, -0.1) is 0 Å². The largest absolute Gasteiger partial charge is 0.308 e. The highest BCUT2D eigenvalue weighted by atomic mass is 16.1. The second-order valence-corrected chi connectivity index (χ2v) is 4.95. The first-order valence-electron chi connectivity index (χ1n) is 6.66. The van der Waals surface area contributed by atoms with Gasteiger partial charge < -0.3 is 4.40 Å². The van der Waals surface area contributed by atoms with Crippen molar-refractivity contribution in [2.24, 2.45) is 0 Å². The van der Waals surface area contributed by atoms with Crippen LogP contribution in [0.5, 0.6) is 0 Å². The van der Waals surface area contributed by atoms with Crippen LogP contribution >= 0.6 is 0 Å². The topological polar surface area (TPSA) is 45.3 Å². The molecule has 4 rings (SSSR count).